The van der Waals surface area contributed by atoms with E-state index in [0.717, 1.165) is 22.0 Å². The zero-order valence-electron chi connectivity index (χ0n) is 14.0. The number of nitrogens with one attached hydrogen (secondary N) is 1. The van der Waals surface area contributed by atoms with Crippen molar-refractivity contribution in [1.29, 1.82) is 0 Å². The zero-order chi connectivity index (χ0) is 19.3. The molecule has 2 aromatic heterocycles. The molecule has 0 aliphatic heterocycles. The number of carbonyl (C=O) groups excluding carboxylic acids is 1. The average Bonchev–Trinajstić information content (AvgIpc) is 3.30. The van der Waals surface area contributed by atoms with Crippen LogP contribution in [0.25, 0.3) is 9.88 Å². The van der Waals surface area contributed by atoms with E-state index in [1.165, 1.54) is 23.5 Å². The fourth-order valence-corrected chi connectivity index (χ4v) is 3.86. The number of thiophene rings is 1. The van der Waals surface area contributed by atoms with Crippen LogP contribution in [0, 0.1) is 0 Å². The number of benzene rings is 1. The first-order chi connectivity index (χ1) is 12.9. The SMILES string of the molecule is O=C(Cc1csc(-c2cccs2)n1)NCCOc1ccc(C(F)(F)F)cc1. The summed E-state index contributed by atoms with van der Waals surface area (Å²) in [6.45, 7) is 0.413. The summed E-state index contributed by atoms with van der Waals surface area (Å²) in [5, 5.41) is 7.42. The number of hydrogen-bond acceptors (Lipinski definition) is 5. The van der Waals surface area contributed by atoms with E-state index >= 15 is 0 Å². The topological polar surface area (TPSA) is 51.2 Å². The first-order valence-electron chi connectivity index (χ1n) is 7.97. The van der Waals surface area contributed by atoms with Gasteiger partial charge in [0.15, 0.2) is 0 Å². The van der Waals surface area contributed by atoms with Crippen LogP contribution >= 0.6 is 22.7 Å². The van der Waals surface area contributed by atoms with Crippen LogP contribution in [0.4, 0.5) is 13.2 Å². The highest BCUT2D eigenvalue weighted by atomic mass is 32.1. The summed E-state index contributed by atoms with van der Waals surface area (Å²) in [5.74, 6) is 0.131. The van der Waals surface area contributed by atoms with Gasteiger partial charge in [0.2, 0.25) is 5.91 Å². The Bertz CT molecular complexity index is 875. The van der Waals surface area contributed by atoms with Crippen LogP contribution in [0.15, 0.2) is 47.2 Å². The van der Waals surface area contributed by atoms with Crippen molar-refractivity contribution in [2.75, 3.05) is 13.2 Å². The van der Waals surface area contributed by atoms with Gasteiger partial charge in [-0.3, -0.25) is 4.79 Å². The second-order valence-corrected chi connectivity index (χ2v) is 7.32. The monoisotopic (exact) mass is 412 g/mol. The van der Waals surface area contributed by atoms with Gasteiger partial charge in [-0.1, -0.05) is 6.07 Å². The van der Waals surface area contributed by atoms with Crippen LogP contribution in [-0.2, 0) is 17.4 Å². The van der Waals surface area contributed by atoms with E-state index < -0.39 is 11.7 Å². The van der Waals surface area contributed by atoms with Gasteiger partial charge < -0.3 is 10.1 Å². The molecule has 0 radical (unpaired) electrons. The van der Waals surface area contributed by atoms with Gasteiger partial charge in [0.05, 0.1) is 29.1 Å². The molecule has 27 heavy (non-hydrogen) atoms. The van der Waals surface area contributed by atoms with Crippen molar-refractivity contribution in [3.63, 3.8) is 0 Å². The summed E-state index contributed by atoms with van der Waals surface area (Å²) in [5.41, 5.74) is -0.0297. The van der Waals surface area contributed by atoms with Gasteiger partial charge >= 0.3 is 6.18 Å². The molecule has 0 aliphatic carbocycles. The zero-order valence-corrected chi connectivity index (χ0v) is 15.6. The number of alkyl halides is 3. The molecule has 3 aromatic rings. The highest BCUT2D eigenvalue weighted by molar-refractivity contribution is 7.20. The number of hydrogen-bond donors (Lipinski definition) is 1. The number of carbonyl (C=O) groups is 1. The molecule has 0 aliphatic rings. The van der Waals surface area contributed by atoms with Crippen LogP contribution in [-0.4, -0.2) is 24.0 Å². The molecule has 9 heteroatoms. The van der Waals surface area contributed by atoms with Gasteiger partial charge in [0.1, 0.15) is 17.4 Å². The molecule has 1 N–H and O–H groups in total. The van der Waals surface area contributed by atoms with Gasteiger partial charge in [-0.05, 0) is 35.7 Å². The van der Waals surface area contributed by atoms with Crippen molar-refractivity contribution in [3.05, 3.63) is 58.4 Å². The summed E-state index contributed by atoms with van der Waals surface area (Å²) in [4.78, 5) is 17.5. The molecule has 142 valence electrons. The van der Waals surface area contributed by atoms with Gasteiger partial charge in [-0.25, -0.2) is 4.98 Å². The highest BCUT2D eigenvalue weighted by Gasteiger charge is 2.29. The minimum atomic E-state index is -4.37. The maximum absolute atomic E-state index is 12.5. The smallest absolute Gasteiger partial charge is 0.416 e. The number of amides is 1. The predicted octanol–water partition coefficient (Wildman–Crippen LogP) is 4.63. The largest absolute Gasteiger partial charge is 0.492 e. The molecule has 0 unspecified atom stereocenters. The third-order valence-electron chi connectivity index (χ3n) is 3.50. The van der Waals surface area contributed by atoms with Crippen molar-refractivity contribution >= 4 is 28.6 Å². The highest BCUT2D eigenvalue weighted by Crippen LogP contribution is 2.30. The number of rotatable bonds is 7. The lowest BCUT2D eigenvalue weighted by atomic mass is 10.2. The third-order valence-corrected chi connectivity index (χ3v) is 5.43. The van der Waals surface area contributed by atoms with Crippen LogP contribution < -0.4 is 10.1 Å². The molecule has 0 saturated heterocycles. The molecule has 0 atom stereocenters. The molecule has 2 heterocycles. The fourth-order valence-electron chi connectivity index (χ4n) is 2.23. The van der Waals surface area contributed by atoms with Crippen molar-refractivity contribution in [2.24, 2.45) is 0 Å². The molecule has 0 bridgehead atoms. The lowest BCUT2D eigenvalue weighted by molar-refractivity contribution is -0.137. The molecule has 0 fully saturated rings. The summed E-state index contributed by atoms with van der Waals surface area (Å²) in [6.07, 6.45) is -4.20. The maximum Gasteiger partial charge on any atom is 0.416 e. The first kappa shape index (κ1) is 19.4. The summed E-state index contributed by atoms with van der Waals surface area (Å²) >= 11 is 3.09. The lowest BCUT2D eigenvalue weighted by Crippen LogP contribution is -2.29. The second-order valence-electron chi connectivity index (χ2n) is 5.52. The van der Waals surface area contributed by atoms with Crippen molar-refractivity contribution in [2.45, 2.75) is 12.6 Å². The van der Waals surface area contributed by atoms with Gasteiger partial charge in [-0.2, -0.15) is 13.2 Å². The predicted molar refractivity (Wildman–Crippen MR) is 99.1 cm³/mol. The van der Waals surface area contributed by atoms with E-state index in [0.29, 0.717) is 11.4 Å². The number of nitrogens with zero attached hydrogens (tertiary/aromatic N) is 1. The summed E-state index contributed by atoms with van der Waals surface area (Å²) < 4.78 is 42.8. The summed E-state index contributed by atoms with van der Waals surface area (Å²) in [7, 11) is 0. The Morgan fingerprint density at radius 3 is 2.59 bits per heavy atom. The van der Waals surface area contributed by atoms with Crippen molar-refractivity contribution < 1.29 is 22.7 Å². The number of aromatic nitrogens is 1. The normalized spacial score (nSPS) is 11.4. The van der Waals surface area contributed by atoms with E-state index in [1.807, 2.05) is 22.9 Å². The van der Waals surface area contributed by atoms with E-state index in [4.69, 9.17) is 4.74 Å². The van der Waals surface area contributed by atoms with E-state index in [2.05, 4.69) is 10.3 Å². The summed E-state index contributed by atoms with van der Waals surface area (Å²) in [6, 6.07) is 8.36. The van der Waals surface area contributed by atoms with Crippen LogP contribution in [0.1, 0.15) is 11.3 Å². The van der Waals surface area contributed by atoms with E-state index in [9.17, 15) is 18.0 Å². The van der Waals surface area contributed by atoms with Crippen molar-refractivity contribution in [1.82, 2.24) is 10.3 Å². The molecule has 0 saturated carbocycles. The Hall–Kier alpha value is -2.39. The Kier molecular flexibility index (Phi) is 6.12. The first-order valence-corrected chi connectivity index (χ1v) is 9.73. The van der Waals surface area contributed by atoms with Crippen LogP contribution in [0.3, 0.4) is 0 Å². The minimum Gasteiger partial charge on any atom is -0.492 e. The molecule has 1 aromatic carbocycles. The molecule has 0 spiro atoms. The molecule has 1 amide bonds. The molecular weight excluding hydrogens is 397 g/mol. The number of halogens is 3. The lowest BCUT2D eigenvalue weighted by Gasteiger charge is -2.09. The van der Waals surface area contributed by atoms with Crippen molar-refractivity contribution in [3.8, 4) is 15.6 Å². The Morgan fingerprint density at radius 2 is 1.93 bits per heavy atom. The minimum absolute atomic E-state index is 0.161. The fraction of sp³-hybridized carbons (Fsp3) is 0.222. The van der Waals surface area contributed by atoms with Gasteiger partial charge in [-0.15, -0.1) is 22.7 Å². The standard InChI is InChI=1S/C18H15F3N2O2S2/c19-18(20,21)12-3-5-14(6-4-12)25-8-7-22-16(24)10-13-11-27-17(23-13)15-2-1-9-26-15/h1-6,9,11H,7-8,10H2,(H,22,24). The van der Waals surface area contributed by atoms with E-state index in [1.54, 1.807) is 11.3 Å². The number of thiazole rings is 1. The Labute approximate surface area is 161 Å². The Balaban J connectivity index is 1.40. The van der Waals surface area contributed by atoms with Crippen LogP contribution in [0.5, 0.6) is 5.75 Å². The molecule has 4 nitrogen and oxygen atoms in total. The average molecular weight is 412 g/mol. The van der Waals surface area contributed by atoms with E-state index in [-0.39, 0.29) is 25.5 Å². The maximum atomic E-state index is 12.5. The van der Waals surface area contributed by atoms with Gasteiger partial charge in [0.25, 0.3) is 0 Å². The van der Waals surface area contributed by atoms with Crippen LogP contribution in [0.2, 0.25) is 0 Å². The Morgan fingerprint density at radius 1 is 1.15 bits per heavy atom. The second kappa shape index (κ2) is 8.53. The molecular formula is C18H15F3N2O2S2. The number of ether oxygens (including phenoxy) is 1. The third kappa shape index (κ3) is 5.54. The molecule has 3 rings (SSSR count). The van der Waals surface area contributed by atoms with Gasteiger partial charge in [0, 0.05) is 5.38 Å². The quantitative estimate of drug-likeness (QED) is 0.576.